The fourth-order valence-electron chi connectivity index (χ4n) is 1.47. The predicted molar refractivity (Wildman–Crippen MR) is 64.8 cm³/mol. The van der Waals surface area contributed by atoms with E-state index in [0.29, 0.717) is 0 Å². The lowest BCUT2D eigenvalue weighted by molar-refractivity contribution is -0.219. The summed E-state index contributed by atoms with van der Waals surface area (Å²) >= 11 is 0. The topological polar surface area (TPSA) is 47.6 Å². The molecule has 19 heavy (non-hydrogen) atoms. The van der Waals surface area contributed by atoms with Crippen molar-refractivity contribution in [2.24, 2.45) is 0 Å². The van der Waals surface area contributed by atoms with E-state index < -0.39 is 30.4 Å². The Morgan fingerprint density at radius 3 is 2.16 bits per heavy atom. The zero-order valence-electron chi connectivity index (χ0n) is 11.9. The highest BCUT2D eigenvalue weighted by Gasteiger charge is 2.41. The Morgan fingerprint density at radius 2 is 1.79 bits per heavy atom. The van der Waals surface area contributed by atoms with Crippen molar-refractivity contribution in [2.75, 3.05) is 13.2 Å². The first-order chi connectivity index (χ1) is 8.53. The van der Waals surface area contributed by atoms with E-state index in [1.807, 2.05) is 0 Å². The van der Waals surface area contributed by atoms with Crippen molar-refractivity contribution in [2.45, 2.75) is 58.5 Å². The van der Waals surface area contributed by atoms with Crippen LogP contribution >= 0.6 is 0 Å². The Balaban J connectivity index is 4.73. The maximum Gasteiger partial charge on any atom is 0.414 e. The molecule has 2 atom stereocenters. The van der Waals surface area contributed by atoms with E-state index in [-0.39, 0.29) is 12.6 Å². The van der Waals surface area contributed by atoms with Gasteiger partial charge in [-0.25, -0.2) is 4.79 Å². The number of carbonyl (C=O) groups is 1. The van der Waals surface area contributed by atoms with E-state index in [4.69, 9.17) is 9.47 Å². The lowest BCUT2D eigenvalue weighted by atomic mass is 10.0. The van der Waals surface area contributed by atoms with Crippen LogP contribution in [-0.2, 0) is 14.3 Å². The second-order valence-corrected chi connectivity index (χ2v) is 4.85. The van der Waals surface area contributed by atoms with Gasteiger partial charge in [-0.15, -0.1) is 0 Å². The van der Waals surface area contributed by atoms with Crippen LogP contribution in [0.25, 0.3) is 0 Å². The summed E-state index contributed by atoms with van der Waals surface area (Å²) in [6.07, 6.45) is -6.39. The summed E-state index contributed by atoms with van der Waals surface area (Å²) in [7, 11) is 0. The van der Waals surface area contributed by atoms with Crippen molar-refractivity contribution in [1.29, 1.82) is 0 Å². The largest absolute Gasteiger partial charge is 0.465 e. The Kier molecular flexibility index (Phi) is 6.79. The molecule has 0 radical (unpaired) electrons. The highest BCUT2D eigenvalue weighted by Crippen LogP contribution is 2.23. The molecule has 0 spiro atoms. The fourth-order valence-corrected chi connectivity index (χ4v) is 1.47. The minimum atomic E-state index is -4.45. The lowest BCUT2D eigenvalue weighted by Crippen LogP contribution is -2.57. The Morgan fingerprint density at radius 1 is 1.26 bits per heavy atom. The van der Waals surface area contributed by atoms with E-state index in [1.165, 1.54) is 6.92 Å². The molecule has 0 fully saturated rings. The van der Waals surface area contributed by atoms with Gasteiger partial charge in [-0.05, 0) is 34.6 Å². The molecular weight excluding hydrogens is 263 g/mol. The van der Waals surface area contributed by atoms with Gasteiger partial charge in [-0.1, -0.05) is 0 Å². The van der Waals surface area contributed by atoms with E-state index >= 15 is 0 Å². The molecule has 0 aliphatic rings. The molecule has 0 bridgehead atoms. The lowest BCUT2D eigenvalue weighted by Gasteiger charge is -2.31. The zero-order chi connectivity index (χ0) is 15.3. The molecule has 2 unspecified atom stereocenters. The van der Waals surface area contributed by atoms with Gasteiger partial charge in [0.05, 0.1) is 13.2 Å². The van der Waals surface area contributed by atoms with Gasteiger partial charge >= 0.3 is 12.1 Å². The van der Waals surface area contributed by atoms with Crippen LogP contribution in [0, 0.1) is 0 Å². The molecule has 0 aromatic rings. The van der Waals surface area contributed by atoms with Gasteiger partial charge < -0.3 is 9.47 Å². The molecule has 0 rings (SSSR count). The predicted octanol–water partition coefficient (Wildman–Crippen LogP) is 2.27. The van der Waals surface area contributed by atoms with Crippen LogP contribution in [0.5, 0.6) is 0 Å². The van der Waals surface area contributed by atoms with Crippen molar-refractivity contribution in [1.82, 2.24) is 5.32 Å². The monoisotopic (exact) mass is 285 g/mol. The summed E-state index contributed by atoms with van der Waals surface area (Å²) in [6, 6.07) is -0.0980. The number of esters is 1. The molecule has 0 aliphatic carbocycles. The summed E-state index contributed by atoms with van der Waals surface area (Å²) in [6.45, 7) is 7.31. The number of hydrogen-bond donors (Lipinski definition) is 1. The minimum absolute atomic E-state index is 0.0980. The minimum Gasteiger partial charge on any atom is -0.465 e. The number of alkyl halides is 3. The number of rotatable bonds is 7. The van der Waals surface area contributed by atoms with Crippen molar-refractivity contribution in [3.63, 3.8) is 0 Å². The highest BCUT2D eigenvalue weighted by atomic mass is 19.4. The van der Waals surface area contributed by atoms with Crippen LogP contribution in [0.3, 0.4) is 0 Å². The summed E-state index contributed by atoms with van der Waals surface area (Å²) in [5.74, 6) is -0.627. The van der Waals surface area contributed by atoms with Crippen molar-refractivity contribution in [3.8, 4) is 0 Å². The molecule has 0 aromatic heterocycles. The molecular formula is C12H22F3NO3. The van der Waals surface area contributed by atoms with Gasteiger partial charge in [0.1, 0.15) is 5.54 Å². The third-order valence-electron chi connectivity index (χ3n) is 2.42. The summed E-state index contributed by atoms with van der Waals surface area (Å²) in [4.78, 5) is 11.8. The molecule has 4 nitrogen and oxygen atoms in total. The number of hydrogen-bond acceptors (Lipinski definition) is 4. The van der Waals surface area contributed by atoms with E-state index in [0.717, 1.165) is 6.92 Å². The van der Waals surface area contributed by atoms with Crippen molar-refractivity contribution >= 4 is 5.97 Å². The van der Waals surface area contributed by atoms with E-state index in [1.54, 1.807) is 20.8 Å². The first kappa shape index (κ1) is 18.2. The fraction of sp³-hybridized carbons (Fsp3) is 0.917. The van der Waals surface area contributed by atoms with Gasteiger partial charge in [0.15, 0.2) is 6.10 Å². The summed E-state index contributed by atoms with van der Waals surface area (Å²) in [5.41, 5.74) is -1.30. The molecule has 0 saturated heterocycles. The van der Waals surface area contributed by atoms with Crippen LogP contribution in [0.15, 0.2) is 0 Å². The molecule has 0 aromatic carbocycles. The number of carbonyl (C=O) groups excluding carboxylic acids is 1. The molecule has 0 amide bonds. The van der Waals surface area contributed by atoms with E-state index in [9.17, 15) is 18.0 Å². The number of ether oxygens (including phenoxy) is 2. The first-order valence-electron chi connectivity index (χ1n) is 6.16. The van der Waals surface area contributed by atoms with Crippen LogP contribution < -0.4 is 5.32 Å². The first-order valence-corrected chi connectivity index (χ1v) is 6.16. The summed E-state index contributed by atoms with van der Waals surface area (Å²) < 4.78 is 46.7. The van der Waals surface area contributed by atoms with Crippen LogP contribution in [0.2, 0.25) is 0 Å². The molecule has 0 aliphatic heterocycles. The second kappa shape index (κ2) is 7.09. The maximum absolute atomic E-state index is 12.4. The van der Waals surface area contributed by atoms with Gasteiger partial charge in [-0.2, -0.15) is 13.2 Å². The van der Waals surface area contributed by atoms with Crippen LogP contribution in [0.1, 0.15) is 34.6 Å². The van der Waals surface area contributed by atoms with E-state index in [2.05, 4.69) is 5.32 Å². The van der Waals surface area contributed by atoms with Crippen molar-refractivity contribution < 1.29 is 27.4 Å². The maximum atomic E-state index is 12.4. The average Bonchev–Trinajstić information content (AvgIpc) is 2.23. The third kappa shape index (κ3) is 6.24. The highest BCUT2D eigenvalue weighted by molar-refractivity contribution is 5.80. The summed E-state index contributed by atoms with van der Waals surface area (Å²) in [5, 5.41) is 2.88. The van der Waals surface area contributed by atoms with Gasteiger partial charge in [0.2, 0.25) is 0 Å². The smallest absolute Gasteiger partial charge is 0.414 e. The van der Waals surface area contributed by atoms with Crippen molar-refractivity contribution in [3.05, 3.63) is 0 Å². The van der Waals surface area contributed by atoms with Gasteiger partial charge in [0, 0.05) is 6.04 Å². The van der Waals surface area contributed by atoms with Crippen LogP contribution in [-0.4, -0.2) is 43.0 Å². The standard InChI is InChI=1S/C12H22F3NO3/c1-6-18-10(17)11(5,16-8(2)3)7-19-9(4)12(13,14)15/h8-9,16H,6-7H2,1-5H3. The molecule has 0 saturated carbocycles. The Hall–Kier alpha value is -0.820. The second-order valence-electron chi connectivity index (χ2n) is 4.85. The Labute approximate surface area is 111 Å². The average molecular weight is 285 g/mol. The SMILES string of the molecule is CCOC(=O)C(C)(COC(C)C(F)(F)F)NC(C)C. The zero-order valence-corrected chi connectivity index (χ0v) is 11.9. The molecule has 114 valence electrons. The third-order valence-corrected chi connectivity index (χ3v) is 2.42. The number of halogens is 3. The molecule has 0 heterocycles. The molecule has 1 N–H and O–H groups in total. The van der Waals surface area contributed by atoms with Gasteiger partial charge in [-0.3, -0.25) is 5.32 Å². The normalized spacial score (nSPS) is 17.1. The Bertz CT molecular complexity index is 294. The van der Waals surface area contributed by atoms with Gasteiger partial charge in [0.25, 0.3) is 0 Å². The quantitative estimate of drug-likeness (QED) is 0.729. The van der Waals surface area contributed by atoms with Crippen LogP contribution in [0.4, 0.5) is 13.2 Å². The molecule has 7 heteroatoms. The number of nitrogens with one attached hydrogen (secondary N) is 1.